The molecule has 0 spiro atoms. The van der Waals surface area contributed by atoms with Gasteiger partial charge in [0.2, 0.25) is 0 Å². The number of imidazole rings is 1. The fourth-order valence-corrected chi connectivity index (χ4v) is 2.86. The molecule has 2 aromatic heterocycles. The van der Waals surface area contributed by atoms with Crippen molar-refractivity contribution in [1.82, 2.24) is 24.3 Å². The second kappa shape index (κ2) is 6.37. The third-order valence-electron chi connectivity index (χ3n) is 4.24. The molecule has 0 aliphatic carbocycles. The average molecular weight is 314 g/mol. The van der Waals surface area contributed by atoms with Gasteiger partial charge in [-0.3, -0.25) is 9.88 Å². The van der Waals surface area contributed by atoms with Gasteiger partial charge in [-0.1, -0.05) is 0 Å². The van der Waals surface area contributed by atoms with Crippen LogP contribution in [-0.4, -0.2) is 57.0 Å². The Morgan fingerprint density at radius 2 is 2.09 bits per heavy atom. The van der Waals surface area contributed by atoms with Crippen LogP contribution in [0.4, 0.5) is 10.5 Å². The molecule has 1 aliphatic heterocycles. The van der Waals surface area contributed by atoms with Crippen LogP contribution in [0.5, 0.6) is 0 Å². The molecule has 1 atom stereocenters. The highest BCUT2D eigenvalue weighted by atomic mass is 16.2. The summed E-state index contributed by atoms with van der Waals surface area (Å²) in [5.41, 5.74) is 1.65. The van der Waals surface area contributed by atoms with Gasteiger partial charge in [0, 0.05) is 56.7 Å². The second-order valence-electron chi connectivity index (χ2n) is 5.95. The maximum atomic E-state index is 12.5. The molecule has 1 N–H and O–H groups in total. The number of carbonyl (C=O) groups is 1. The first-order valence-corrected chi connectivity index (χ1v) is 7.70. The van der Waals surface area contributed by atoms with E-state index < -0.39 is 0 Å². The maximum absolute atomic E-state index is 12.5. The predicted octanol–water partition coefficient (Wildman–Crippen LogP) is 1.64. The lowest BCUT2D eigenvalue weighted by molar-refractivity contribution is 0.110. The van der Waals surface area contributed by atoms with Gasteiger partial charge in [-0.2, -0.15) is 0 Å². The van der Waals surface area contributed by atoms with Crippen LogP contribution < -0.4 is 5.32 Å². The van der Waals surface area contributed by atoms with E-state index in [1.807, 2.05) is 35.7 Å². The number of piperazine rings is 1. The molecule has 0 bridgehead atoms. The Labute approximate surface area is 135 Å². The lowest BCUT2D eigenvalue weighted by Gasteiger charge is -2.38. The molecule has 1 aliphatic rings. The Balaban J connectivity index is 1.71. The van der Waals surface area contributed by atoms with Crippen LogP contribution >= 0.6 is 0 Å². The zero-order valence-corrected chi connectivity index (χ0v) is 13.7. The van der Waals surface area contributed by atoms with Crippen LogP contribution in [0.1, 0.15) is 17.6 Å². The SMILES string of the molecule is Cc1cc(NC(=O)N2CCN(C)C(c3nccn3C)C2)ccn1. The molecule has 1 fully saturated rings. The highest BCUT2D eigenvalue weighted by Crippen LogP contribution is 2.23. The summed E-state index contributed by atoms with van der Waals surface area (Å²) in [5, 5.41) is 2.95. The standard InChI is InChI=1S/C16H22N6O/c1-12-10-13(4-5-17-12)19-16(23)22-9-8-20(2)14(11-22)15-18-6-7-21(15)3/h4-7,10,14H,8-9,11H2,1-3H3,(H,17,19,23). The Hall–Kier alpha value is -2.41. The van der Waals surface area contributed by atoms with E-state index in [1.165, 1.54) is 0 Å². The Morgan fingerprint density at radius 1 is 1.26 bits per heavy atom. The summed E-state index contributed by atoms with van der Waals surface area (Å²) in [6.07, 6.45) is 5.43. The van der Waals surface area contributed by atoms with Crippen LogP contribution in [0.15, 0.2) is 30.7 Å². The van der Waals surface area contributed by atoms with E-state index in [4.69, 9.17) is 0 Å². The largest absolute Gasteiger partial charge is 0.337 e. The van der Waals surface area contributed by atoms with Gasteiger partial charge in [-0.15, -0.1) is 0 Å². The third kappa shape index (κ3) is 3.34. The number of aryl methyl sites for hydroxylation is 2. The number of aromatic nitrogens is 3. The molecule has 3 heterocycles. The first-order valence-electron chi connectivity index (χ1n) is 7.70. The van der Waals surface area contributed by atoms with E-state index in [-0.39, 0.29) is 12.1 Å². The zero-order chi connectivity index (χ0) is 16.4. The maximum Gasteiger partial charge on any atom is 0.321 e. The molecule has 2 amide bonds. The number of pyridine rings is 1. The van der Waals surface area contributed by atoms with Gasteiger partial charge < -0.3 is 14.8 Å². The first-order chi connectivity index (χ1) is 11.0. The van der Waals surface area contributed by atoms with E-state index >= 15 is 0 Å². The number of nitrogens with zero attached hydrogens (tertiary/aromatic N) is 5. The van der Waals surface area contributed by atoms with Gasteiger partial charge >= 0.3 is 6.03 Å². The monoisotopic (exact) mass is 314 g/mol. The second-order valence-corrected chi connectivity index (χ2v) is 5.95. The van der Waals surface area contributed by atoms with Crippen molar-refractivity contribution in [1.29, 1.82) is 0 Å². The summed E-state index contributed by atoms with van der Waals surface area (Å²) in [6.45, 7) is 4.05. The summed E-state index contributed by atoms with van der Waals surface area (Å²) in [6, 6.07) is 3.69. The Morgan fingerprint density at radius 3 is 2.78 bits per heavy atom. The highest BCUT2D eigenvalue weighted by molar-refractivity contribution is 5.89. The van der Waals surface area contributed by atoms with Gasteiger partial charge in [0.05, 0.1) is 6.04 Å². The number of hydrogen-bond acceptors (Lipinski definition) is 4. The van der Waals surface area contributed by atoms with Crippen molar-refractivity contribution in [2.45, 2.75) is 13.0 Å². The van der Waals surface area contributed by atoms with Crippen molar-refractivity contribution in [3.8, 4) is 0 Å². The molecule has 0 aromatic carbocycles. The van der Waals surface area contributed by atoms with Gasteiger partial charge in [0.15, 0.2) is 0 Å². The summed E-state index contributed by atoms with van der Waals surface area (Å²) in [5.74, 6) is 0.977. The van der Waals surface area contributed by atoms with E-state index in [0.29, 0.717) is 13.1 Å². The van der Waals surface area contributed by atoms with Crippen molar-refractivity contribution in [3.05, 3.63) is 42.2 Å². The number of urea groups is 1. The number of nitrogens with one attached hydrogen (secondary N) is 1. The van der Waals surface area contributed by atoms with Crippen molar-refractivity contribution in [2.24, 2.45) is 7.05 Å². The van der Waals surface area contributed by atoms with Gasteiger partial charge in [0.1, 0.15) is 5.82 Å². The Bertz CT molecular complexity index is 697. The highest BCUT2D eigenvalue weighted by Gasteiger charge is 2.30. The third-order valence-corrected chi connectivity index (χ3v) is 4.24. The van der Waals surface area contributed by atoms with Gasteiger partial charge in [-0.05, 0) is 26.1 Å². The number of rotatable bonds is 2. The first kappa shape index (κ1) is 15.5. The van der Waals surface area contributed by atoms with Crippen LogP contribution in [0.3, 0.4) is 0 Å². The molecule has 23 heavy (non-hydrogen) atoms. The van der Waals surface area contributed by atoms with E-state index in [1.54, 1.807) is 18.5 Å². The van der Waals surface area contributed by atoms with E-state index in [9.17, 15) is 4.79 Å². The van der Waals surface area contributed by atoms with Crippen LogP contribution in [0, 0.1) is 6.92 Å². The number of hydrogen-bond donors (Lipinski definition) is 1. The summed E-state index contributed by atoms with van der Waals surface area (Å²) in [4.78, 5) is 25.2. The fourth-order valence-electron chi connectivity index (χ4n) is 2.86. The smallest absolute Gasteiger partial charge is 0.321 e. The van der Waals surface area contributed by atoms with E-state index in [2.05, 4.69) is 27.2 Å². The molecular weight excluding hydrogens is 292 g/mol. The minimum atomic E-state index is -0.0806. The molecule has 2 aromatic rings. The molecule has 1 unspecified atom stereocenters. The van der Waals surface area contributed by atoms with E-state index in [0.717, 1.165) is 23.8 Å². The lowest BCUT2D eigenvalue weighted by atomic mass is 10.1. The molecule has 7 heteroatoms. The number of anilines is 1. The number of likely N-dealkylation sites (N-methyl/N-ethyl adjacent to an activating group) is 1. The van der Waals surface area contributed by atoms with Crippen molar-refractivity contribution < 1.29 is 4.79 Å². The summed E-state index contributed by atoms with van der Waals surface area (Å²) < 4.78 is 2.01. The average Bonchev–Trinajstić information content (AvgIpc) is 2.93. The van der Waals surface area contributed by atoms with Crippen LogP contribution in [-0.2, 0) is 7.05 Å². The topological polar surface area (TPSA) is 66.3 Å². The fraction of sp³-hybridized carbons (Fsp3) is 0.438. The Kier molecular flexibility index (Phi) is 4.29. The quantitative estimate of drug-likeness (QED) is 0.915. The number of carbonyl (C=O) groups excluding carboxylic acids is 1. The predicted molar refractivity (Wildman–Crippen MR) is 88.1 cm³/mol. The minimum Gasteiger partial charge on any atom is -0.337 e. The molecule has 122 valence electrons. The van der Waals surface area contributed by atoms with Gasteiger partial charge in [-0.25, -0.2) is 9.78 Å². The molecule has 0 radical (unpaired) electrons. The molecular formula is C16H22N6O. The molecule has 3 rings (SSSR count). The van der Waals surface area contributed by atoms with Crippen molar-refractivity contribution >= 4 is 11.7 Å². The summed E-state index contributed by atoms with van der Waals surface area (Å²) in [7, 11) is 4.05. The van der Waals surface area contributed by atoms with Crippen molar-refractivity contribution in [3.63, 3.8) is 0 Å². The zero-order valence-electron chi connectivity index (χ0n) is 13.7. The lowest BCUT2D eigenvalue weighted by Crippen LogP contribution is -2.50. The normalized spacial score (nSPS) is 18.9. The number of amides is 2. The molecule has 1 saturated heterocycles. The minimum absolute atomic E-state index is 0.0806. The van der Waals surface area contributed by atoms with Crippen molar-refractivity contribution in [2.75, 3.05) is 32.0 Å². The van der Waals surface area contributed by atoms with Gasteiger partial charge in [0.25, 0.3) is 0 Å². The molecule has 0 saturated carbocycles. The van der Waals surface area contributed by atoms with Crippen LogP contribution in [0.2, 0.25) is 0 Å². The van der Waals surface area contributed by atoms with Crippen LogP contribution in [0.25, 0.3) is 0 Å². The molecule has 7 nitrogen and oxygen atoms in total. The summed E-state index contributed by atoms with van der Waals surface area (Å²) >= 11 is 0.